The zero-order valence-corrected chi connectivity index (χ0v) is 17.7. The van der Waals surface area contributed by atoms with Crippen LogP contribution in [0.3, 0.4) is 0 Å². The van der Waals surface area contributed by atoms with Crippen LogP contribution in [0.2, 0.25) is 0 Å². The Labute approximate surface area is 178 Å². The highest BCUT2D eigenvalue weighted by Gasteiger charge is 2.21. The fraction of sp³-hybridized carbons (Fsp3) is 0.417. The highest BCUT2D eigenvalue weighted by atomic mass is 16.5. The van der Waals surface area contributed by atoms with Gasteiger partial charge in [0, 0.05) is 36.5 Å². The Kier molecular flexibility index (Phi) is 7.85. The average molecular weight is 411 g/mol. The molecule has 2 amide bonds. The number of ether oxygens (including phenoxy) is 2. The fourth-order valence-electron chi connectivity index (χ4n) is 3.36. The Balaban J connectivity index is 1.52. The van der Waals surface area contributed by atoms with E-state index in [9.17, 15) is 9.59 Å². The van der Waals surface area contributed by atoms with E-state index in [0.717, 1.165) is 25.9 Å². The van der Waals surface area contributed by atoms with Crippen molar-refractivity contribution >= 4 is 17.5 Å². The molecule has 0 aromatic heterocycles. The molecule has 1 saturated heterocycles. The lowest BCUT2D eigenvalue weighted by molar-refractivity contribution is 0.0697. The van der Waals surface area contributed by atoms with Gasteiger partial charge in [-0.05, 0) is 74.2 Å². The van der Waals surface area contributed by atoms with Gasteiger partial charge in [-0.3, -0.25) is 9.59 Å². The first kappa shape index (κ1) is 21.8. The number of hydrogen-bond donors (Lipinski definition) is 1. The van der Waals surface area contributed by atoms with Gasteiger partial charge in [-0.2, -0.15) is 0 Å². The van der Waals surface area contributed by atoms with Crippen molar-refractivity contribution in [2.45, 2.75) is 26.7 Å². The van der Waals surface area contributed by atoms with E-state index in [1.807, 2.05) is 11.8 Å². The van der Waals surface area contributed by atoms with Crippen molar-refractivity contribution in [2.24, 2.45) is 5.92 Å². The number of carbonyl (C=O) groups is 2. The van der Waals surface area contributed by atoms with E-state index in [1.165, 1.54) is 0 Å². The number of nitrogens with one attached hydrogen (secondary N) is 1. The SMILES string of the molecule is CCOCCOc1ccc(C(=O)Nc2ccc(C(=O)N3CCC(C)CC3)cc2)cc1. The van der Waals surface area contributed by atoms with E-state index in [0.29, 0.717) is 48.3 Å². The summed E-state index contributed by atoms with van der Waals surface area (Å²) in [6, 6.07) is 14.0. The average Bonchev–Trinajstić information content (AvgIpc) is 2.78. The van der Waals surface area contributed by atoms with Gasteiger partial charge in [0.15, 0.2) is 0 Å². The monoisotopic (exact) mass is 410 g/mol. The van der Waals surface area contributed by atoms with Crippen LogP contribution in [0.15, 0.2) is 48.5 Å². The van der Waals surface area contributed by atoms with Crippen LogP contribution in [-0.2, 0) is 4.74 Å². The third kappa shape index (κ3) is 6.07. The number of carbonyl (C=O) groups excluding carboxylic acids is 2. The molecule has 0 bridgehead atoms. The standard InChI is InChI=1S/C24H30N2O4/c1-3-29-16-17-30-22-10-6-19(7-11-22)23(27)25-21-8-4-20(5-9-21)24(28)26-14-12-18(2)13-15-26/h4-11,18H,3,12-17H2,1-2H3,(H,25,27). The molecule has 30 heavy (non-hydrogen) atoms. The van der Waals surface area contributed by atoms with Crippen molar-refractivity contribution in [3.05, 3.63) is 59.7 Å². The Morgan fingerprint density at radius 3 is 2.23 bits per heavy atom. The fourth-order valence-corrected chi connectivity index (χ4v) is 3.36. The molecule has 1 fully saturated rings. The molecule has 3 rings (SSSR count). The van der Waals surface area contributed by atoms with E-state index in [-0.39, 0.29) is 11.8 Å². The summed E-state index contributed by atoms with van der Waals surface area (Å²) in [7, 11) is 0. The van der Waals surface area contributed by atoms with Crippen molar-refractivity contribution in [2.75, 3.05) is 38.2 Å². The number of likely N-dealkylation sites (tertiary alicyclic amines) is 1. The lowest BCUT2D eigenvalue weighted by Gasteiger charge is -2.30. The molecule has 1 heterocycles. The van der Waals surface area contributed by atoms with Gasteiger partial charge < -0.3 is 19.7 Å². The van der Waals surface area contributed by atoms with Crippen LogP contribution >= 0.6 is 0 Å². The van der Waals surface area contributed by atoms with E-state index < -0.39 is 0 Å². The van der Waals surface area contributed by atoms with Gasteiger partial charge in [-0.1, -0.05) is 6.92 Å². The summed E-state index contributed by atoms with van der Waals surface area (Å²) in [5, 5.41) is 2.86. The summed E-state index contributed by atoms with van der Waals surface area (Å²) in [6.45, 7) is 7.45. The minimum atomic E-state index is -0.208. The molecule has 0 spiro atoms. The van der Waals surface area contributed by atoms with Crippen molar-refractivity contribution in [1.29, 1.82) is 0 Å². The van der Waals surface area contributed by atoms with Crippen LogP contribution in [0, 0.1) is 5.92 Å². The maximum atomic E-state index is 12.6. The van der Waals surface area contributed by atoms with E-state index in [2.05, 4.69) is 12.2 Å². The largest absolute Gasteiger partial charge is 0.491 e. The van der Waals surface area contributed by atoms with Crippen LogP contribution in [0.5, 0.6) is 5.75 Å². The number of anilines is 1. The Hall–Kier alpha value is -2.86. The number of amides is 2. The lowest BCUT2D eigenvalue weighted by Crippen LogP contribution is -2.37. The molecule has 2 aromatic rings. The second-order valence-corrected chi connectivity index (χ2v) is 7.58. The quantitative estimate of drug-likeness (QED) is 0.662. The maximum absolute atomic E-state index is 12.6. The van der Waals surface area contributed by atoms with Gasteiger partial charge in [0.05, 0.1) is 6.61 Å². The number of piperidine rings is 1. The minimum absolute atomic E-state index is 0.0553. The molecule has 1 aliphatic heterocycles. The van der Waals surface area contributed by atoms with Crippen LogP contribution < -0.4 is 10.1 Å². The number of hydrogen-bond acceptors (Lipinski definition) is 4. The van der Waals surface area contributed by atoms with E-state index >= 15 is 0 Å². The molecule has 0 saturated carbocycles. The Bertz CT molecular complexity index is 825. The summed E-state index contributed by atoms with van der Waals surface area (Å²) in [6.07, 6.45) is 2.10. The normalized spacial score (nSPS) is 14.4. The van der Waals surface area contributed by atoms with Crippen molar-refractivity contribution in [1.82, 2.24) is 4.90 Å². The van der Waals surface area contributed by atoms with Gasteiger partial charge >= 0.3 is 0 Å². The topological polar surface area (TPSA) is 67.9 Å². The molecule has 0 aliphatic carbocycles. The van der Waals surface area contributed by atoms with Crippen LogP contribution in [0.1, 0.15) is 47.4 Å². The first-order chi connectivity index (χ1) is 14.6. The Morgan fingerprint density at radius 2 is 1.60 bits per heavy atom. The molecule has 0 unspecified atom stereocenters. The third-order valence-electron chi connectivity index (χ3n) is 5.28. The molecule has 1 N–H and O–H groups in total. The second-order valence-electron chi connectivity index (χ2n) is 7.58. The van der Waals surface area contributed by atoms with E-state index in [1.54, 1.807) is 48.5 Å². The van der Waals surface area contributed by atoms with Crippen LogP contribution in [0.4, 0.5) is 5.69 Å². The summed E-state index contributed by atoms with van der Waals surface area (Å²) >= 11 is 0. The predicted octanol–water partition coefficient (Wildman–Crippen LogP) is 4.23. The summed E-state index contributed by atoms with van der Waals surface area (Å²) < 4.78 is 10.8. The van der Waals surface area contributed by atoms with Gasteiger partial charge in [-0.15, -0.1) is 0 Å². The lowest BCUT2D eigenvalue weighted by atomic mass is 9.98. The smallest absolute Gasteiger partial charge is 0.255 e. The number of nitrogens with zero attached hydrogens (tertiary/aromatic N) is 1. The van der Waals surface area contributed by atoms with Crippen molar-refractivity contribution in [3.8, 4) is 5.75 Å². The molecular weight excluding hydrogens is 380 g/mol. The zero-order valence-electron chi connectivity index (χ0n) is 17.7. The van der Waals surface area contributed by atoms with E-state index in [4.69, 9.17) is 9.47 Å². The summed E-state index contributed by atoms with van der Waals surface area (Å²) in [4.78, 5) is 27.0. The number of rotatable bonds is 8. The maximum Gasteiger partial charge on any atom is 0.255 e. The molecule has 1 aliphatic rings. The van der Waals surface area contributed by atoms with Gasteiger partial charge in [-0.25, -0.2) is 0 Å². The molecule has 0 radical (unpaired) electrons. The summed E-state index contributed by atoms with van der Waals surface area (Å²) in [5.41, 5.74) is 1.84. The molecule has 160 valence electrons. The van der Waals surface area contributed by atoms with Crippen molar-refractivity contribution < 1.29 is 19.1 Å². The van der Waals surface area contributed by atoms with Gasteiger partial charge in [0.25, 0.3) is 11.8 Å². The minimum Gasteiger partial charge on any atom is -0.491 e. The molecule has 0 atom stereocenters. The van der Waals surface area contributed by atoms with Gasteiger partial charge in [0.2, 0.25) is 0 Å². The predicted molar refractivity (Wildman–Crippen MR) is 117 cm³/mol. The second kappa shape index (κ2) is 10.8. The third-order valence-corrected chi connectivity index (χ3v) is 5.28. The Morgan fingerprint density at radius 1 is 0.967 bits per heavy atom. The highest BCUT2D eigenvalue weighted by molar-refractivity contribution is 6.04. The molecule has 2 aromatic carbocycles. The molecule has 6 heteroatoms. The highest BCUT2D eigenvalue weighted by Crippen LogP contribution is 2.20. The summed E-state index contributed by atoms with van der Waals surface area (Å²) in [5.74, 6) is 1.23. The van der Waals surface area contributed by atoms with Crippen molar-refractivity contribution in [3.63, 3.8) is 0 Å². The van der Waals surface area contributed by atoms with Gasteiger partial charge in [0.1, 0.15) is 12.4 Å². The zero-order chi connectivity index (χ0) is 21.3. The van der Waals surface area contributed by atoms with Crippen LogP contribution in [-0.4, -0.2) is 49.6 Å². The molecule has 6 nitrogen and oxygen atoms in total. The molecular formula is C24H30N2O4. The van der Waals surface area contributed by atoms with Crippen LogP contribution in [0.25, 0.3) is 0 Å². The first-order valence-corrected chi connectivity index (χ1v) is 10.6. The number of benzene rings is 2. The first-order valence-electron chi connectivity index (χ1n) is 10.6.